The van der Waals surface area contributed by atoms with Crippen molar-refractivity contribution in [3.8, 4) is 0 Å². The lowest BCUT2D eigenvalue weighted by molar-refractivity contribution is -0.384. The number of nitro benzene ring substituents is 1. The van der Waals surface area contributed by atoms with Gasteiger partial charge in [-0.15, -0.1) is 0 Å². The molecule has 8 heteroatoms. The van der Waals surface area contributed by atoms with Crippen LogP contribution in [0.2, 0.25) is 5.02 Å². The second kappa shape index (κ2) is 5.70. The van der Waals surface area contributed by atoms with Crippen LogP contribution in [0.15, 0.2) is 28.8 Å². The summed E-state index contributed by atoms with van der Waals surface area (Å²) in [4.78, 5) is 21.9. The van der Waals surface area contributed by atoms with Crippen LogP contribution in [0.5, 0.6) is 0 Å². The van der Waals surface area contributed by atoms with Gasteiger partial charge in [-0.1, -0.05) is 16.8 Å². The Balaban J connectivity index is 2.07. The number of nitrogens with one attached hydrogen (secondary N) is 1. The maximum absolute atomic E-state index is 11.9. The lowest BCUT2D eigenvalue weighted by Crippen LogP contribution is -2.23. The molecular formula is C12H10ClN3O4. The Kier molecular flexibility index (Phi) is 3.99. The average Bonchev–Trinajstić information content (AvgIpc) is 2.81. The topological polar surface area (TPSA) is 98.3 Å². The van der Waals surface area contributed by atoms with E-state index in [0.717, 1.165) is 6.07 Å². The predicted molar refractivity (Wildman–Crippen MR) is 70.5 cm³/mol. The zero-order chi connectivity index (χ0) is 14.7. The Bertz CT molecular complexity index is 668. The third kappa shape index (κ3) is 3.12. The van der Waals surface area contributed by atoms with Crippen molar-refractivity contribution in [1.29, 1.82) is 0 Å². The van der Waals surface area contributed by atoms with E-state index in [-0.39, 0.29) is 22.8 Å². The fourth-order valence-corrected chi connectivity index (χ4v) is 1.83. The summed E-state index contributed by atoms with van der Waals surface area (Å²) >= 11 is 5.85. The molecule has 2 rings (SSSR count). The molecule has 1 aromatic heterocycles. The molecule has 0 fully saturated rings. The third-order valence-electron chi connectivity index (χ3n) is 2.51. The minimum absolute atomic E-state index is 0.0213. The number of carbonyl (C=O) groups is 1. The van der Waals surface area contributed by atoms with Gasteiger partial charge in [-0.3, -0.25) is 14.9 Å². The highest BCUT2D eigenvalue weighted by Gasteiger charge is 2.15. The fraction of sp³-hybridized carbons (Fsp3) is 0.167. The minimum atomic E-state index is -0.578. The first-order valence-corrected chi connectivity index (χ1v) is 5.99. The Morgan fingerprint density at radius 3 is 2.80 bits per heavy atom. The van der Waals surface area contributed by atoms with Gasteiger partial charge in [-0.2, -0.15) is 0 Å². The minimum Gasteiger partial charge on any atom is -0.361 e. The molecule has 1 aromatic carbocycles. The molecule has 0 aliphatic rings. The van der Waals surface area contributed by atoms with Gasteiger partial charge < -0.3 is 9.84 Å². The monoisotopic (exact) mass is 295 g/mol. The summed E-state index contributed by atoms with van der Waals surface area (Å²) in [6.45, 7) is 1.93. The van der Waals surface area contributed by atoms with Gasteiger partial charge in [0.2, 0.25) is 0 Å². The number of hydrogen-bond acceptors (Lipinski definition) is 5. The molecule has 7 nitrogen and oxygen atoms in total. The van der Waals surface area contributed by atoms with Crippen LogP contribution in [0.3, 0.4) is 0 Å². The van der Waals surface area contributed by atoms with Gasteiger partial charge >= 0.3 is 0 Å². The molecule has 0 spiro atoms. The Morgan fingerprint density at radius 1 is 1.50 bits per heavy atom. The van der Waals surface area contributed by atoms with Gasteiger partial charge in [0, 0.05) is 18.2 Å². The van der Waals surface area contributed by atoms with Crippen molar-refractivity contribution in [1.82, 2.24) is 10.5 Å². The molecule has 104 valence electrons. The van der Waals surface area contributed by atoms with Crippen LogP contribution in [0, 0.1) is 17.0 Å². The summed E-state index contributed by atoms with van der Waals surface area (Å²) < 4.78 is 4.87. The molecule has 1 amide bonds. The van der Waals surface area contributed by atoms with Crippen LogP contribution in [0.1, 0.15) is 21.8 Å². The molecule has 0 radical (unpaired) electrons. The highest BCUT2D eigenvalue weighted by atomic mass is 35.5. The van der Waals surface area contributed by atoms with Crippen LogP contribution in [-0.4, -0.2) is 16.0 Å². The van der Waals surface area contributed by atoms with Crippen molar-refractivity contribution in [3.63, 3.8) is 0 Å². The number of nitrogens with zero attached hydrogens (tertiary/aromatic N) is 2. The Morgan fingerprint density at radius 2 is 2.25 bits per heavy atom. The van der Waals surface area contributed by atoms with E-state index in [1.54, 1.807) is 13.0 Å². The molecule has 0 aliphatic heterocycles. The van der Waals surface area contributed by atoms with Gasteiger partial charge in [-0.05, 0) is 13.0 Å². The normalized spacial score (nSPS) is 10.3. The summed E-state index contributed by atoms with van der Waals surface area (Å²) in [5.41, 5.74) is 0.574. The quantitative estimate of drug-likeness (QED) is 0.690. The molecular weight excluding hydrogens is 286 g/mol. The molecule has 2 aromatic rings. The van der Waals surface area contributed by atoms with Crippen molar-refractivity contribution in [2.75, 3.05) is 0 Å². The first kappa shape index (κ1) is 14.0. The predicted octanol–water partition coefficient (Wildman–Crippen LogP) is 2.47. The summed E-state index contributed by atoms with van der Waals surface area (Å²) in [5.74, 6) is 0.202. The first-order chi connectivity index (χ1) is 9.47. The number of carbonyl (C=O) groups excluding carboxylic acids is 1. The number of nitro groups is 1. The molecule has 1 N–H and O–H groups in total. The van der Waals surface area contributed by atoms with E-state index in [2.05, 4.69) is 10.5 Å². The number of rotatable bonds is 4. The van der Waals surface area contributed by atoms with E-state index in [1.165, 1.54) is 12.1 Å². The van der Waals surface area contributed by atoms with Crippen molar-refractivity contribution in [3.05, 3.63) is 56.4 Å². The zero-order valence-corrected chi connectivity index (χ0v) is 11.2. The van der Waals surface area contributed by atoms with Crippen LogP contribution in [0.25, 0.3) is 0 Å². The highest BCUT2D eigenvalue weighted by molar-refractivity contribution is 6.34. The van der Waals surface area contributed by atoms with Crippen LogP contribution in [-0.2, 0) is 6.54 Å². The molecule has 0 unspecified atom stereocenters. The Hall–Kier alpha value is -2.41. The van der Waals surface area contributed by atoms with E-state index in [4.69, 9.17) is 16.1 Å². The fourth-order valence-electron chi connectivity index (χ4n) is 1.57. The summed E-state index contributed by atoms with van der Waals surface area (Å²) in [5, 5.41) is 16.9. The number of hydrogen-bond donors (Lipinski definition) is 1. The van der Waals surface area contributed by atoms with Gasteiger partial charge in [0.05, 0.1) is 22.1 Å². The van der Waals surface area contributed by atoms with Gasteiger partial charge in [-0.25, -0.2) is 0 Å². The maximum atomic E-state index is 11.9. The molecule has 0 aliphatic carbocycles. The number of halogens is 1. The SMILES string of the molecule is Cc1cc(CNC(=O)c2ccc([N+](=O)[O-])cc2Cl)no1. The van der Waals surface area contributed by atoms with Crippen LogP contribution < -0.4 is 5.32 Å². The maximum Gasteiger partial charge on any atom is 0.270 e. The van der Waals surface area contributed by atoms with Gasteiger partial charge in [0.15, 0.2) is 0 Å². The molecule has 1 heterocycles. The van der Waals surface area contributed by atoms with Crippen molar-refractivity contribution in [2.45, 2.75) is 13.5 Å². The van der Waals surface area contributed by atoms with E-state index in [9.17, 15) is 14.9 Å². The number of non-ortho nitro benzene ring substituents is 1. The number of benzene rings is 1. The number of aromatic nitrogens is 1. The van der Waals surface area contributed by atoms with Crippen molar-refractivity contribution < 1.29 is 14.2 Å². The highest BCUT2D eigenvalue weighted by Crippen LogP contribution is 2.22. The van der Waals surface area contributed by atoms with E-state index < -0.39 is 10.8 Å². The smallest absolute Gasteiger partial charge is 0.270 e. The molecule has 0 atom stereocenters. The second-order valence-electron chi connectivity index (χ2n) is 4.03. The first-order valence-electron chi connectivity index (χ1n) is 5.61. The lowest BCUT2D eigenvalue weighted by Gasteiger charge is -2.04. The zero-order valence-electron chi connectivity index (χ0n) is 10.4. The van der Waals surface area contributed by atoms with Crippen LogP contribution >= 0.6 is 11.6 Å². The van der Waals surface area contributed by atoms with Crippen molar-refractivity contribution >= 4 is 23.2 Å². The van der Waals surface area contributed by atoms with E-state index >= 15 is 0 Å². The molecule has 20 heavy (non-hydrogen) atoms. The molecule has 0 bridgehead atoms. The third-order valence-corrected chi connectivity index (χ3v) is 2.83. The lowest BCUT2D eigenvalue weighted by atomic mass is 10.2. The largest absolute Gasteiger partial charge is 0.361 e. The van der Waals surface area contributed by atoms with Gasteiger partial charge in [0.25, 0.3) is 11.6 Å². The summed E-state index contributed by atoms with van der Waals surface area (Å²) in [6.07, 6.45) is 0. The second-order valence-corrected chi connectivity index (χ2v) is 4.44. The van der Waals surface area contributed by atoms with Gasteiger partial charge in [0.1, 0.15) is 11.5 Å². The summed E-state index contributed by atoms with van der Waals surface area (Å²) in [6, 6.07) is 5.36. The average molecular weight is 296 g/mol. The summed E-state index contributed by atoms with van der Waals surface area (Å²) in [7, 11) is 0. The van der Waals surface area contributed by atoms with E-state index in [1.807, 2.05) is 0 Å². The van der Waals surface area contributed by atoms with E-state index in [0.29, 0.717) is 11.5 Å². The Labute approximate surface area is 118 Å². The molecule has 0 saturated heterocycles. The molecule has 0 saturated carbocycles. The number of aryl methyl sites for hydroxylation is 1. The van der Waals surface area contributed by atoms with Crippen LogP contribution in [0.4, 0.5) is 5.69 Å². The van der Waals surface area contributed by atoms with Crippen molar-refractivity contribution in [2.24, 2.45) is 0 Å². The number of amides is 1. The standard InChI is InChI=1S/C12H10ClN3O4/c1-7-4-8(15-20-7)6-14-12(17)10-3-2-9(16(18)19)5-11(10)13/h2-5H,6H2,1H3,(H,14,17).